The van der Waals surface area contributed by atoms with Crippen LogP contribution in [0, 0.1) is 6.92 Å². The SMILES string of the molecule is Cc1ccc2nc(C(C)C)c(C=CC(O)CC(O)CC(=O)O)c(-c3ccccc3)c2c1. The molecule has 0 spiro atoms. The summed E-state index contributed by atoms with van der Waals surface area (Å²) in [6.45, 7) is 6.22. The Bertz CT molecular complexity index is 1090. The second-order valence-corrected chi connectivity index (χ2v) is 8.24. The maximum Gasteiger partial charge on any atom is 0.305 e. The van der Waals surface area contributed by atoms with E-state index in [4.69, 9.17) is 10.1 Å². The van der Waals surface area contributed by atoms with Crippen molar-refractivity contribution in [1.29, 1.82) is 0 Å². The Kier molecular flexibility index (Phi) is 7.21. The molecule has 5 nitrogen and oxygen atoms in total. The molecular weight excluding hydrogens is 390 g/mol. The van der Waals surface area contributed by atoms with Crippen molar-refractivity contribution in [2.24, 2.45) is 0 Å². The van der Waals surface area contributed by atoms with Crippen LogP contribution in [-0.4, -0.2) is 38.5 Å². The van der Waals surface area contributed by atoms with Gasteiger partial charge >= 0.3 is 5.97 Å². The molecule has 3 N–H and O–H groups in total. The van der Waals surface area contributed by atoms with Crippen molar-refractivity contribution < 1.29 is 20.1 Å². The van der Waals surface area contributed by atoms with Gasteiger partial charge in [-0.2, -0.15) is 0 Å². The van der Waals surface area contributed by atoms with Gasteiger partial charge < -0.3 is 15.3 Å². The van der Waals surface area contributed by atoms with E-state index in [0.29, 0.717) is 0 Å². The highest BCUT2D eigenvalue weighted by atomic mass is 16.4. The molecule has 3 aromatic rings. The first-order valence-corrected chi connectivity index (χ1v) is 10.5. The van der Waals surface area contributed by atoms with Gasteiger partial charge in [-0.05, 0) is 30.5 Å². The number of fused-ring (bicyclic) bond motifs is 1. The van der Waals surface area contributed by atoms with Crippen molar-refractivity contribution in [3.63, 3.8) is 0 Å². The van der Waals surface area contributed by atoms with Crippen LogP contribution in [-0.2, 0) is 4.79 Å². The van der Waals surface area contributed by atoms with E-state index in [1.165, 1.54) is 0 Å². The fraction of sp³-hybridized carbons (Fsp3) is 0.308. The van der Waals surface area contributed by atoms with Gasteiger partial charge in [-0.1, -0.05) is 68.0 Å². The van der Waals surface area contributed by atoms with Gasteiger partial charge in [-0.3, -0.25) is 9.78 Å². The van der Waals surface area contributed by atoms with Gasteiger partial charge in [0.2, 0.25) is 0 Å². The number of hydrogen-bond donors (Lipinski definition) is 3. The van der Waals surface area contributed by atoms with E-state index in [9.17, 15) is 15.0 Å². The van der Waals surface area contributed by atoms with Crippen LogP contribution in [0.15, 0.2) is 54.6 Å². The summed E-state index contributed by atoms with van der Waals surface area (Å²) in [6, 6.07) is 16.3. The standard InChI is InChI=1S/C26H29NO4/c1-16(2)26-21(11-10-19(28)14-20(29)15-24(30)31)25(18-7-5-4-6-8-18)22-13-17(3)9-12-23(22)27-26/h4-13,16,19-20,28-29H,14-15H2,1-3H3,(H,30,31). The number of carboxylic acid groups (broad SMARTS) is 1. The molecule has 0 aliphatic heterocycles. The molecule has 2 unspecified atom stereocenters. The van der Waals surface area contributed by atoms with Gasteiger partial charge in [0.25, 0.3) is 0 Å². The van der Waals surface area contributed by atoms with Crippen molar-refractivity contribution in [2.45, 2.75) is 51.7 Å². The largest absolute Gasteiger partial charge is 0.481 e. The Hall–Kier alpha value is -3.02. The molecule has 0 bridgehead atoms. The molecule has 1 aromatic heterocycles. The number of aryl methyl sites for hydroxylation is 1. The number of pyridine rings is 1. The van der Waals surface area contributed by atoms with E-state index in [1.807, 2.05) is 37.3 Å². The van der Waals surface area contributed by atoms with Crippen molar-refractivity contribution in [3.05, 3.63) is 71.4 Å². The summed E-state index contributed by atoms with van der Waals surface area (Å²) >= 11 is 0. The fourth-order valence-electron chi connectivity index (χ4n) is 3.78. The van der Waals surface area contributed by atoms with Gasteiger partial charge in [-0.25, -0.2) is 0 Å². The number of aromatic nitrogens is 1. The lowest BCUT2D eigenvalue weighted by Crippen LogP contribution is -2.19. The van der Waals surface area contributed by atoms with Crippen molar-refractivity contribution in [2.75, 3.05) is 0 Å². The summed E-state index contributed by atoms with van der Waals surface area (Å²) in [6.07, 6.45) is 0.959. The van der Waals surface area contributed by atoms with Crippen LogP contribution >= 0.6 is 0 Å². The normalized spacial score (nSPS) is 13.7. The first-order chi connectivity index (χ1) is 14.8. The second-order valence-electron chi connectivity index (χ2n) is 8.24. The summed E-state index contributed by atoms with van der Waals surface area (Å²) in [4.78, 5) is 15.7. The van der Waals surface area contributed by atoms with Crippen molar-refractivity contribution >= 4 is 22.9 Å². The van der Waals surface area contributed by atoms with Gasteiger partial charge in [0.15, 0.2) is 0 Å². The summed E-state index contributed by atoms with van der Waals surface area (Å²) in [5.41, 5.74) is 6.00. The Balaban J connectivity index is 2.14. The molecule has 5 heteroatoms. The third kappa shape index (κ3) is 5.57. The molecule has 2 atom stereocenters. The molecule has 0 radical (unpaired) electrons. The lowest BCUT2D eigenvalue weighted by atomic mass is 9.90. The van der Waals surface area contributed by atoms with E-state index < -0.39 is 24.6 Å². The lowest BCUT2D eigenvalue weighted by molar-refractivity contribution is -0.139. The number of benzene rings is 2. The summed E-state index contributed by atoms with van der Waals surface area (Å²) < 4.78 is 0. The first kappa shape index (κ1) is 22.7. The van der Waals surface area contributed by atoms with Crippen molar-refractivity contribution in [1.82, 2.24) is 4.98 Å². The number of rotatable bonds is 8. The third-order valence-corrected chi connectivity index (χ3v) is 5.23. The molecule has 0 saturated carbocycles. The zero-order valence-electron chi connectivity index (χ0n) is 18.1. The predicted octanol–water partition coefficient (Wildman–Crippen LogP) is 4.93. The monoisotopic (exact) mass is 419 g/mol. The Morgan fingerprint density at radius 2 is 1.81 bits per heavy atom. The number of nitrogens with zero attached hydrogens (tertiary/aromatic N) is 1. The Morgan fingerprint density at radius 1 is 1.10 bits per heavy atom. The predicted molar refractivity (Wildman–Crippen MR) is 124 cm³/mol. The fourth-order valence-corrected chi connectivity index (χ4v) is 3.78. The molecule has 162 valence electrons. The number of aliphatic hydroxyl groups is 2. The topological polar surface area (TPSA) is 90.7 Å². The van der Waals surface area contributed by atoms with Crippen LogP contribution in [0.1, 0.15) is 49.4 Å². The average molecular weight is 420 g/mol. The minimum Gasteiger partial charge on any atom is -0.481 e. The number of carboxylic acids is 1. The second kappa shape index (κ2) is 9.86. The number of hydrogen-bond acceptors (Lipinski definition) is 4. The highest BCUT2D eigenvalue weighted by Gasteiger charge is 2.18. The van der Waals surface area contributed by atoms with Gasteiger partial charge in [0.05, 0.1) is 29.8 Å². The van der Waals surface area contributed by atoms with E-state index in [2.05, 4.69) is 38.1 Å². The van der Waals surface area contributed by atoms with Crippen LogP contribution in [0.3, 0.4) is 0 Å². The molecule has 3 rings (SSSR count). The molecule has 0 amide bonds. The van der Waals surface area contributed by atoms with Crippen LogP contribution in [0.4, 0.5) is 0 Å². The minimum absolute atomic E-state index is 0.0411. The third-order valence-electron chi connectivity index (χ3n) is 5.23. The zero-order chi connectivity index (χ0) is 22.5. The summed E-state index contributed by atoms with van der Waals surface area (Å²) in [5.74, 6) is -0.936. The van der Waals surface area contributed by atoms with Crippen LogP contribution in [0.25, 0.3) is 28.1 Å². The Morgan fingerprint density at radius 3 is 2.45 bits per heavy atom. The van der Waals surface area contributed by atoms with E-state index in [-0.39, 0.29) is 12.3 Å². The number of carbonyl (C=O) groups is 1. The van der Waals surface area contributed by atoms with Crippen LogP contribution in [0.2, 0.25) is 0 Å². The maximum atomic E-state index is 10.8. The number of aliphatic hydroxyl groups excluding tert-OH is 2. The van der Waals surface area contributed by atoms with Gasteiger partial charge in [0, 0.05) is 22.9 Å². The molecule has 2 aromatic carbocycles. The highest BCUT2D eigenvalue weighted by Crippen LogP contribution is 2.37. The van der Waals surface area contributed by atoms with Crippen LogP contribution < -0.4 is 0 Å². The molecule has 0 aliphatic rings. The van der Waals surface area contributed by atoms with Crippen molar-refractivity contribution in [3.8, 4) is 11.1 Å². The lowest BCUT2D eigenvalue weighted by Gasteiger charge is -2.18. The zero-order valence-corrected chi connectivity index (χ0v) is 18.1. The first-order valence-electron chi connectivity index (χ1n) is 10.5. The molecular formula is C26H29NO4. The molecule has 0 aliphatic carbocycles. The smallest absolute Gasteiger partial charge is 0.305 e. The van der Waals surface area contributed by atoms with Gasteiger partial charge in [0.1, 0.15) is 0 Å². The van der Waals surface area contributed by atoms with Gasteiger partial charge in [-0.15, -0.1) is 0 Å². The Labute approximate surface area is 182 Å². The molecule has 0 fully saturated rings. The maximum absolute atomic E-state index is 10.8. The van der Waals surface area contributed by atoms with Crippen LogP contribution in [0.5, 0.6) is 0 Å². The average Bonchev–Trinajstić information content (AvgIpc) is 2.71. The molecule has 1 heterocycles. The quantitative estimate of drug-likeness (QED) is 0.481. The molecule has 0 saturated heterocycles. The summed E-state index contributed by atoms with van der Waals surface area (Å²) in [7, 11) is 0. The van der Waals surface area contributed by atoms with E-state index in [1.54, 1.807) is 6.08 Å². The molecule has 31 heavy (non-hydrogen) atoms. The number of aliphatic carboxylic acids is 1. The van der Waals surface area contributed by atoms with E-state index >= 15 is 0 Å². The van der Waals surface area contributed by atoms with E-state index in [0.717, 1.165) is 38.9 Å². The highest BCUT2D eigenvalue weighted by molar-refractivity contribution is 5.99. The minimum atomic E-state index is -1.10. The summed E-state index contributed by atoms with van der Waals surface area (Å²) in [5, 5.41) is 30.1.